The number of methoxy groups -OCH3 is 1. The number of rotatable bonds is 6. The minimum atomic E-state index is -4.57. The fraction of sp³-hybridized carbons (Fsp3) is 0.682. The molecule has 1 aromatic carbocycles. The van der Waals surface area contributed by atoms with Crippen molar-refractivity contribution in [1.29, 1.82) is 0 Å². The van der Waals surface area contributed by atoms with Gasteiger partial charge in [-0.2, -0.15) is 13.2 Å². The molecule has 180 valence electrons. The van der Waals surface area contributed by atoms with E-state index < -0.39 is 24.5 Å². The summed E-state index contributed by atoms with van der Waals surface area (Å²) in [5.74, 6) is 0.802. The van der Waals surface area contributed by atoms with Gasteiger partial charge in [0.05, 0.1) is 7.11 Å². The quantitative estimate of drug-likeness (QED) is 0.603. The molecule has 1 atom stereocenters. The number of alkyl halides is 4. The van der Waals surface area contributed by atoms with Crippen LogP contribution in [0.1, 0.15) is 30.9 Å². The highest BCUT2D eigenvalue weighted by Crippen LogP contribution is 2.28. The minimum Gasteiger partial charge on any atom is -0.496 e. The average Bonchev–Trinajstić information content (AvgIpc) is 2.75. The van der Waals surface area contributed by atoms with Gasteiger partial charge in [-0.15, -0.1) is 0 Å². The maximum atomic E-state index is 13.4. The van der Waals surface area contributed by atoms with Crippen molar-refractivity contribution in [3.63, 3.8) is 0 Å². The van der Waals surface area contributed by atoms with Gasteiger partial charge in [-0.1, -0.05) is 18.2 Å². The number of amides is 1. The molecule has 0 aliphatic carbocycles. The largest absolute Gasteiger partial charge is 0.496 e. The Morgan fingerprint density at radius 3 is 2.06 bits per heavy atom. The molecular formula is C22H31F4N3O3. The van der Waals surface area contributed by atoms with Crippen molar-refractivity contribution in [3.8, 4) is 5.75 Å². The summed E-state index contributed by atoms with van der Waals surface area (Å²) in [6, 6.07) is 5.97. The summed E-state index contributed by atoms with van der Waals surface area (Å²) in [6.07, 6.45) is -7.25. The zero-order valence-electron chi connectivity index (χ0n) is 18.5. The van der Waals surface area contributed by atoms with Crippen LogP contribution < -0.4 is 4.74 Å². The molecule has 0 radical (unpaired) electrons. The molecule has 0 bridgehead atoms. The first-order valence-corrected chi connectivity index (χ1v) is 10.9. The van der Waals surface area contributed by atoms with Crippen LogP contribution in [0.2, 0.25) is 0 Å². The fourth-order valence-corrected chi connectivity index (χ4v) is 4.07. The molecule has 2 heterocycles. The highest BCUT2D eigenvalue weighted by Gasteiger charge is 2.40. The highest BCUT2D eigenvalue weighted by atomic mass is 19.4. The second kappa shape index (κ2) is 10.7. The average molecular weight is 462 g/mol. The lowest BCUT2D eigenvalue weighted by molar-refractivity contribution is -0.200. The van der Waals surface area contributed by atoms with Gasteiger partial charge in [0.25, 0.3) is 0 Å². The van der Waals surface area contributed by atoms with Crippen molar-refractivity contribution in [2.45, 2.75) is 51.3 Å². The van der Waals surface area contributed by atoms with E-state index in [4.69, 9.17) is 4.74 Å². The topological polar surface area (TPSA) is 45.2 Å². The molecule has 0 saturated carbocycles. The van der Waals surface area contributed by atoms with E-state index in [1.165, 1.54) is 4.90 Å². The van der Waals surface area contributed by atoms with Gasteiger partial charge in [0.15, 0.2) is 6.10 Å². The number of ether oxygens (including phenoxy) is 2. The third kappa shape index (κ3) is 6.48. The maximum Gasteiger partial charge on any atom is 0.425 e. The summed E-state index contributed by atoms with van der Waals surface area (Å²) in [6.45, 7) is 5.20. The standard InChI is InChI=1S/C22H31F4N3O3/c1-16(22(24,25)26)32-21(30)29-12-10-28(11-13-29)15-18-5-3-4-17(20(18)31-2)14-27-8-6-19(23)7-9-27/h3-5,16,19H,6-15H2,1-2H3. The second-order valence-electron chi connectivity index (χ2n) is 8.39. The lowest BCUT2D eigenvalue weighted by Gasteiger charge is -2.35. The molecule has 10 heteroatoms. The summed E-state index contributed by atoms with van der Waals surface area (Å²) < 4.78 is 61.5. The van der Waals surface area contributed by atoms with E-state index in [1.54, 1.807) is 7.11 Å². The number of carbonyl (C=O) groups is 1. The van der Waals surface area contributed by atoms with E-state index in [1.807, 2.05) is 18.2 Å². The molecular weight excluding hydrogens is 430 g/mol. The zero-order chi connectivity index (χ0) is 23.3. The van der Waals surface area contributed by atoms with Crippen LogP contribution in [0.25, 0.3) is 0 Å². The van der Waals surface area contributed by atoms with Gasteiger partial charge in [0.1, 0.15) is 11.9 Å². The fourth-order valence-electron chi connectivity index (χ4n) is 4.07. The van der Waals surface area contributed by atoms with Gasteiger partial charge >= 0.3 is 12.3 Å². The number of piperazine rings is 1. The van der Waals surface area contributed by atoms with E-state index in [0.717, 1.165) is 36.9 Å². The van der Waals surface area contributed by atoms with Crippen molar-refractivity contribution in [2.75, 3.05) is 46.4 Å². The molecule has 6 nitrogen and oxygen atoms in total. The lowest BCUT2D eigenvalue weighted by atomic mass is 10.0. The predicted molar refractivity (Wildman–Crippen MR) is 111 cm³/mol. The van der Waals surface area contributed by atoms with E-state index in [2.05, 4.69) is 14.5 Å². The van der Waals surface area contributed by atoms with Gasteiger partial charge in [0, 0.05) is 63.5 Å². The Morgan fingerprint density at radius 2 is 1.56 bits per heavy atom. The van der Waals surface area contributed by atoms with Crippen LogP contribution in [0.4, 0.5) is 22.4 Å². The molecule has 0 N–H and O–H groups in total. The number of hydrogen-bond acceptors (Lipinski definition) is 5. The number of para-hydroxylation sites is 1. The van der Waals surface area contributed by atoms with Gasteiger partial charge < -0.3 is 14.4 Å². The maximum absolute atomic E-state index is 13.4. The number of carbonyl (C=O) groups excluding carboxylic acids is 1. The van der Waals surface area contributed by atoms with Gasteiger partial charge in [0.2, 0.25) is 0 Å². The molecule has 2 fully saturated rings. The number of nitrogens with zero attached hydrogens (tertiary/aromatic N) is 3. The van der Waals surface area contributed by atoms with E-state index in [0.29, 0.717) is 52.1 Å². The van der Waals surface area contributed by atoms with Crippen LogP contribution in [-0.4, -0.2) is 85.6 Å². The van der Waals surface area contributed by atoms with E-state index in [-0.39, 0.29) is 0 Å². The molecule has 32 heavy (non-hydrogen) atoms. The molecule has 1 unspecified atom stereocenters. The number of piperidine rings is 1. The van der Waals surface area contributed by atoms with Crippen LogP contribution >= 0.6 is 0 Å². The first kappa shape index (κ1) is 24.6. The van der Waals surface area contributed by atoms with Crippen LogP contribution in [0, 0.1) is 0 Å². The Kier molecular flexibility index (Phi) is 8.21. The Balaban J connectivity index is 1.55. The third-order valence-electron chi connectivity index (χ3n) is 6.06. The second-order valence-corrected chi connectivity index (χ2v) is 8.39. The van der Waals surface area contributed by atoms with Crippen molar-refractivity contribution < 1.29 is 31.8 Å². The van der Waals surface area contributed by atoms with Crippen LogP contribution in [0.3, 0.4) is 0 Å². The lowest BCUT2D eigenvalue weighted by Crippen LogP contribution is -2.49. The number of benzene rings is 1. The van der Waals surface area contributed by atoms with Crippen molar-refractivity contribution >= 4 is 6.09 Å². The third-order valence-corrected chi connectivity index (χ3v) is 6.06. The summed E-state index contributed by atoms with van der Waals surface area (Å²) in [4.78, 5) is 17.7. The predicted octanol–water partition coefficient (Wildman–Crippen LogP) is 3.83. The SMILES string of the molecule is COc1c(CN2CCC(F)CC2)cccc1CN1CCN(C(=O)OC(C)C(F)(F)F)CC1. The number of hydrogen-bond donors (Lipinski definition) is 0. The summed E-state index contributed by atoms with van der Waals surface area (Å²) in [5.41, 5.74) is 2.05. The molecule has 2 aliphatic rings. The molecule has 1 amide bonds. The van der Waals surface area contributed by atoms with Crippen LogP contribution in [-0.2, 0) is 17.8 Å². The molecule has 2 aliphatic heterocycles. The van der Waals surface area contributed by atoms with Gasteiger partial charge in [-0.3, -0.25) is 9.80 Å². The highest BCUT2D eigenvalue weighted by molar-refractivity contribution is 5.68. The number of halogens is 4. The Morgan fingerprint density at radius 1 is 1.03 bits per heavy atom. The monoisotopic (exact) mass is 461 g/mol. The van der Waals surface area contributed by atoms with Gasteiger partial charge in [-0.05, 0) is 19.8 Å². The smallest absolute Gasteiger partial charge is 0.425 e. The van der Waals surface area contributed by atoms with E-state index in [9.17, 15) is 22.4 Å². The summed E-state index contributed by atoms with van der Waals surface area (Å²) in [7, 11) is 1.63. The molecule has 0 aromatic heterocycles. The Labute approximate surface area is 186 Å². The zero-order valence-corrected chi connectivity index (χ0v) is 18.5. The van der Waals surface area contributed by atoms with Crippen molar-refractivity contribution in [2.24, 2.45) is 0 Å². The van der Waals surface area contributed by atoms with Crippen molar-refractivity contribution in [3.05, 3.63) is 29.3 Å². The first-order valence-electron chi connectivity index (χ1n) is 10.9. The Hall–Kier alpha value is -2.07. The molecule has 1 aromatic rings. The molecule has 3 rings (SSSR count). The van der Waals surface area contributed by atoms with Crippen LogP contribution in [0.15, 0.2) is 18.2 Å². The normalized spacial score (nSPS) is 20.2. The number of likely N-dealkylation sites (tertiary alicyclic amines) is 1. The van der Waals surface area contributed by atoms with E-state index >= 15 is 0 Å². The molecule has 2 saturated heterocycles. The summed E-state index contributed by atoms with van der Waals surface area (Å²) in [5, 5.41) is 0. The van der Waals surface area contributed by atoms with Crippen molar-refractivity contribution in [1.82, 2.24) is 14.7 Å². The first-order chi connectivity index (χ1) is 15.2. The minimum absolute atomic E-state index is 0.295. The Bertz CT molecular complexity index is 761. The molecule has 0 spiro atoms. The summed E-state index contributed by atoms with van der Waals surface area (Å²) >= 11 is 0. The van der Waals surface area contributed by atoms with Gasteiger partial charge in [-0.25, -0.2) is 9.18 Å². The van der Waals surface area contributed by atoms with Crippen LogP contribution in [0.5, 0.6) is 5.75 Å².